The molecule has 0 bridgehead atoms. The first kappa shape index (κ1) is 17.7. The summed E-state index contributed by atoms with van der Waals surface area (Å²) >= 11 is 0. The van der Waals surface area contributed by atoms with Gasteiger partial charge in [0.05, 0.1) is 0 Å². The molecule has 2 nitrogen and oxygen atoms in total. The minimum absolute atomic E-state index is 0.149. The summed E-state index contributed by atoms with van der Waals surface area (Å²) in [6, 6.07) is 6.83. The molecule has 0 atom stereocenters. The molecule has 0 spiro atoms. The molecule has 0 aromatic heterocycles. The fourth-order valence-electron chi connectivity index (χ4n) is 2.45. The molecule has 0 fully saturated rings. The summed E-state index contributed by atoms with van der Waals surface area (Å²) in [5, 5.41) is 2.65. The Morgan fingerprint density at radius 2 is 1.43 bits per heavy atom. The molecule has 0 aliphatic carbocycles. The van der Waals surface area contributed by atoms with E-state index in [-0.39, 0.29) is 11.7 Å². The van der Waals surface area contributed by atoms with Crippen molar-refractivity contribution in [3.05, 3.63) is 35.6 Å². The van der Waals surface area contributed by atoms with Gasteiger partial charge in [-0.15, -0.1) is 0 Å². The fraction of sp³-hybridized carbons (Fsp3) is 0.611. The van der Waals surface area contributed by atoms with Gasteiger partial charge >= 0.3 is 0 Å². The molecule has 0 saturated carbocycles. The molecule has 3 heteroatoms. The van der Waals surface area contributed by atoms with Crippen LogP contribution in [0.4, 0.5) is 4.39 Å². The number of hydrogen-bond acceptors (Lipinski definition) is 1. The zero-order valence-electron chi connectivity index (χ0n) is 13.2. The quantitative estimate of drug-likeness (QED) is 0.592. The number of unbranched alkanes of at least 4 members (excludes halogenated alkanes) is 7. The van der Waals surface area contributed by atoms with Crippen molar-refractivity contribution >= 4 is 5.91 Å². The lowest BCUT2D eigenvalue weighted by molar-refractivity contribution is -0.120. The van der Waals surface area contributed by atoms with E-state index in [1.165, 1.54) is 56.2 Å². The molecule has 118 valence electrons. The molecule has 0 heterocycles. The Balaban J connectivity index is 1.86. The van der Waals surface area contributed by atoms with E-state index in [1.54, 1.807) is 7.05 Å². The number of rotatable bonds is 11. The zero-order valence-corrected chi connectivity index (χ0v) is 13.2. The van der Waals surface area contributed by atoms with Crippen molar-refractivity contribution in [1.82, 2.24) is 5.32 Å². The van der Waals surface area contributed by atoms with Crippen LogP contribution in [0.2, 0.25) is 0 Å². The van der Waals surface area contributed by atoms with E-state index in [0.29, 0.717) is 6.42 Å². The van der Waals surface area contributed by atoms with Gasteiger partial charge in [0.1, 0.15) is 5.82 Å². The van der Waals surface area contributed by atoms with Gasteiger partial charge in [0.2, 0.25) is 5.91 Å². The minimum atomic E-state index is -0.157. The molecule has 21 heavy (non-hydrogen) atoms. The van der Waals surface area contributed by atoms with Crippen molar-refractivity contribution < 1.29 is 9.18 Å². The van der Waals surface area contributed by atoms with Crippen LogP contribution in [0.1, 0.15) is 63.4 Å². The first-order chi connectivity index (χ1) is 10.2. The monoisotopic (exact) mass is 293 g/mol. The Labute approximate surface area is 128 Å². The van der Waals surface area contributed by atoms with Gasteiger partial charge in [0.25, 0.3) is 0 Å². The number of hydrogen-bond donors (Lipinski definition) is 1. The SMILES string of the molecule is CNC(=O)CCCCCCCCCCc1ccc(F)cc1. The Morgan fingerprint density at radius 3 is 2.00 bits per heavy atom. The average molecular weight is 293 g/mol. The Kier molecular flexibility index (Phi) is 9.51. The van der Waals surface area contributed by atoms with Crippen molar-refractivity contribution in [3.63, 3.8) is 0 Å². The number of halogens is 1. The maximum atomic E-state index is 12.7. The van der Waals surface area contributed by atoms with Gasteiger partial charge in [-0.2, -0.15) is 0 Å². The molecule has 0 unspecified atom stereocenters. The van der Waals surface area contributed by atoms with Crippen LogP contribution in [0.15, 0.2) is 24.3 Å². The normalized spacial score (nSPS) is 10.6. The summed E-state index contributed by atoms with van der Waals surface area (Å²) < 4.78 is 12.7. The first-order valence-electron chi connectivity index (χ1n) is 8.17. The Hall–Kier alpha value is -1.38. The molecule has 1 aromatic rings. The van der Waals surface area contributed by atoms with Crippen LogP contribution in [-0.2, 0) is 11.2 Å². The molecule has 1 rings (SSSR count). The lowest BCUT2D eigenvalue weighted by Gasteiger charge is -2.03. The van der Waals surface area contributed by atoms with Crippen LogP contribution in [0.25, 0.3) is 0 Å². The molecule has 1 N–H and O–H groups in total. The molecule has 0 radical (unpaired) electrons. The predicted octanol–water partition coefficient (Wildman–Crippen LogP) is 4.63. The lowest BCUT2D eigenvalue weighted by Crippen LogP contribution is -2.16. The van der Waals surface area contributed by atoms with Crippen molar-refractivity contribution in [1.29, 1.82) is 0 Å². The van der Waals surface area contributed by atoms with Gasteiger partial charge < -0.3 is 5.32 Å². The second kappa shape index (κ2) is 11.3. The summed E-state index contributed by atoms with van der Waals surface area (Å²) in [6.07, 6.45) is 11.4. The number of benzene rings is 1. The Bertz CT molecular complexity index is 389. The predicted molar refractivity (Wildman–Crippen MR) is 85.7 cm³/mol. The Morgan fingerprint density at radius 1 is 0.905 bits per heavy atom. The third kappa shape index (κ3) is 9.22. The maximum Gasteiger partial charge on any atom is 0.219 e. The third-order valence-corrected chi connectivity index (χ3v) is 3.81. The van der Waals surface area contributed by atoms with Gasteiger partial charge in [-0.25, -0.2) is 4.39 Å². The van der Waals surface area contributed by atoms with Crippen molar-refractivity contribution in [3.8, 4) is 0 Å². The second-order valence-electron chi connectivity index (χ2n) is 5.63. The summed E-state index contributed by atoms with van der Waals surface area (Å²) in [6.45, 7) is 0. The highest BCUT2D eigenvalue weighted by Gasteiger charge is 1.98. The molecule has 0 aliphatic rings. The van der Waals surface area contributed by atoms with Crippen molar-refractivity contribution in [2.75, 3.05) is 7.05 Å². The van der Waals surface area contributed by atoms with Gasteiger partial charge in [-0.05, 0) is 37.0 Å². The van der Waals surface area contributed by atoms with Gasteiger partial charge in [-0.1, -0.05) is 50.7 Å². The van der Waals surface area contributed by atoms with Crippen molar-refractivity contribution in [2.24, 2.45) is 0 Å². The van der Waals surface area contributed by atoms with E-state index in [4.69, 9.17) is 0 Å². The van der Waals surface area contributed by atoms with E-state index in [2.05, 4.69) is 5.32 Å². The number of carbonyl (C=O) groups is 1. The summed E-state index contributed by atoms with van der Waals surface area (Å²) in [5.41, 5.74) is 1.23. The van der Waals surface area contributed by atoms with E-state index in [0.717, 1.165) is 19.3 Å². The fourth-order valence-corrected chi connectivity index (χ4v) is 2.45. The highest BCUT2D eigenvalue weighted by molar-refractivity contribution is 5.75. The maximum absolute atomic E-state index is 12.7. The standard InChI is InChI=1S/C18H28FNO/c1-20-18(21)11-9-7-5-3-2-4-6-8-10-16-12-14-17(19)15-13-16/h12-15H,2-11H2,1H3,(H,20,21). The van der Waals surface area contributed by atoms with E-state index in [1.807, 2.05) is 12.1 Å². The average Bonchev–Trinajstić information content (AvgIpc) is 2.50. The summed E-state index contributed by atoms with van der Waals surface area (Å²) in [4.78, 5) is 11.0. The summed E-state index contributed by atoms with van der Waals surface area (Å²) in [7, 11) is 1.69. The second-order valence-corrected chi connectivity index (χ2v) is 5.63. The van der Waals surface area contributed by atoms with Crippen LogP contribution < -0.4 is 5.32 Å². The van der Waals surface area contributed by atoms with Crippen LogP contribution in [-0.4, -0.2) is 13.0 Å². The number of nitrogens with one attached hydrogen (secondary N) is 1. The lowest BCUT2D eigenvalue weighted by atomic mass is 10.0. The number of aryl methyl sites for hydroxylation is 1. The number of amides is 1. The largest absolute Gasteiger partial charge is 0.359 e. The van der Waals surface area contributed by atoms with Crippen LogP contribution >= 0.6 is 0 Å². The van der Waals surface area contributed by atoms with Crippen molar-refractivity contribution in [2.45, 2.75) is 64.2 Å². The molecular weight excluding hydrogens is 265 g/mol. The summed E-state index contributed by atoms with van der Waals surface area (Å²) in [5.74, 6) is -0.00837. The highest BCUT2D eigenvalue weighted by Crippen LogP contribution is 2.12. The van der Waals surface area contributed by atoms with Gasteiger partial charge in [-0.3, -0.25) is 4.79 Å². The molecule has 1 aromatic carbocycles. The smallest absolute Gasteiger partial charge is 0.219 e. The molecule has 0 saturated heterocycles. The van der Waals surface area contributed by atoms with Crippen LogP contribution in [0, 0.1) is 5.82 Å². The zero-order chi connectivity index (χ0) is 15.3. The van der Waals surface area contributed by atoms with E-state index in [9.17, 15) is 9.18 Å². The molecule has 0 aliphatic heterocycles. The van der Waals surface area contributed by atoms with Gasteiger partial charge in [0, 0.05) is 13.5 Å². The molecule has 1 amide bonds. The van der Waals surface area contributed by atoms with Crippen LogP contribution in [0.3, 0.4) is 0 Å². The number of carbonyl (C=O) groups excluding carboxylic acids is 1. The minimum Gasteiger partial charge on any atom is -0.359 e. The van der Waals surface area contributed by atoms with E-state index < -0.39 is 0 Å². The van der Waals surface area contributed by atoms with Gasteiger partial charge in [0.15, 0.2) is 0 Å². The first-order valence-corrected chi connectivity index (χ1v) is 8.17. The molecular formula is C18H28FNO. The third-order valence-electron chi connectivity index (χ3n) is 3.81. The highest BCUT2D eigenvalue weighted by atomic mass is 19.1. The van der Waals surface area contributed by atoms with E-state index >= 15 is 0 Å². The topological polar surface area (TPSA) is 29.1 Å². The van der Waals surface area contributed by atoms with Crippen LogP contribution in [0.5, 0.6) is 0 Å².